The molecule has 0 saturated heterocycles. The highest BCUT2D eigenvalue weighted by Crippen LogP contribution is 2.41. The van der Waals surface area contributed by atoms with Gasteiger partial charge in [-0.2, -0.15) is 0 Å². The quantitative estimate of drug-likeness (QED) is 0.131. The summed E-state index contributed by atoms with van der Waals surface area (Å²) in [4.78, 5) is 24.2. The molecule has 0 saturated carbocycles. The van der Waals surface area contributed by atoms with Crippen molar-refractivity contribution in [1.82, 2.24) is 0 Å². The smallest absolute Gasteiger partial charge is 0.303 e. The molecule has 1 unspecified atom stereocenters. The Morgan fingerprint density at radius 1 is 0.816 bits per heavy atom. The van der Waals surface area contributed by atoms with Gasteiger partial charge in [-0.1, -0.05) is 91.0 Å². The number of hydrogen-bond acceptors (Lipinski definition) is 7. The van der Waals surface area contributed by atoms with Crippen molar-refractivity contribution in [3.05, 3.63) is 108 Å². The molecular formula is C29H36NO7P. The first-order valence-corrected chi connectivity index (χ1v) is 13.9. The van der Waals surface area contributed by atoms with Crippen molar-refractivity contribution in [2.24, 2.45) is 0 Å². The molecule has 0 aliphatic heterocycles. The number of esters is 1. The largest absolute Gasteiger partial charge is 0.756 e. The maximum atomic E-state index is 12.4. The van der Waals surface area contributed by atoms with Crippen LogP contribution in [0.15, 0.2) is 91.0 Å². The van der Waals surface area contributed by atoms with Gasteiger partial charge in [0.05, 0.1) is 34.4 Å². The van der Waals surface area contributed by atoms with Crippen LogP contribution in [0.25, 0.3) is 0 Å². The van der Waals surface area contributed by atoms with Crippen molar-refractivity contribution in [1.29, 1.82) is 0 Å². The molecule has 38 heavy (non-hydrogen) atoms. The number of carbonyl (C=O) groups excluding carboxylic acids is 1. The minimum absolute atomic E-state index is 0.0296. The molecule has 0 aliphatic rings. The molecule has 0 amide bonds. The van der Waals surface area contributed by atoms with Crippen LogP contribution in [0, 0.1) is 0 Å². The van der Waals surface area contributed by atoms with Crippen LogP contribution in [0.3, 0.4) is 0 Å². The van der Waals surface area contributed by atoms with Crippen molar-refractivity contribution in [2.75, 3.05) is 47.5 Å². The van der Waals surface area contributed by atoms with E-state index in [0.717, 1.165) is 16.7 Å². The normalized spacial score (nSPS) is 14.4. The lowest BCUT2D eigenvalue weighted by Gasteiger charge is -2.37. The fraction of sp³-hybridized carbons (Fsp3) is 0.345. The van der Waals surface area contributed by atoms with Crippen LogP contribution in [0.4, 0.5) is 0 Å². The molecule has 0 heterocycles. The molecule has 3 aromatic rings. The molecule has 0 aliphatic carbocycles. The van der Waals surface area contributed by atoms with Gasteiger partial charge in [0, 0.05) is 6.92 Å². The average Bonchev–Trinajstić information content (AvgIpc) is 2.88. The number of likely N-dealkylation sites (N-methyl/N-ethyl adjacent to an activating group) is 1. The van der Waals surface area contributed by atoms with Crippen molar-refractivity contribution < 1.29 is 37.3 Å². The van der Waals surface area contributed by atoms with Crippen molar-refractivity contribution >= 4 is 13.8 Å². The molecule has 8 nitrogen and oxygen atoms in total. The van der Waals surface area contributed by atoms with Crippen LogP contribution in [0.1, 0.15) is 23.6 Å². The summed E-state index contributed by atoms with van der Waals surface area (Å²) in [6.45, 7) is 1.11. The first-order chi connectivity index (χ1) is 18.0. The number of quaternary nitrogens is 1. The SMILES string of the molecule is CC(=O)O[C@H](COC(c1ccccc1)(c1ccccc1)c1ccccc1)COP(=O)([O-])OCC[N+](C)(C)C. The third-order valence-corrected chi connectivity index (χ3v) is 6.75. The number of phosphoric ester groups is 1. The van der Waals surface area contributed by atoms with Gasteiger partial charge < -0.3 is 27.9 Å². The molecule has 0 bridgehead atoms. The standard InChI is InChI=1S/C29H36NO7P/c1-24(31)37-28(23-36-38(32,33)35-21-20-30(2,3)4)22-34-29(25-14-8-5-9-15-25,26-16-10-6-11-17-26)27-18-12-7-13-19-27/h5-19,28H,20-23H2,1-4H3/t28-/m1/s1. The maximum absolute atomic E-state index is 12.4. The first kappa shape index (κ1) is 29.7. The molecule has 204 valence electrons. The minimum Gasteiger partial charge on any atom is -0.756 e. The summed E-state index contributed by atoms with van der Waals surface area (Å²) in [6, 6.07) is 29.1. The van der Waals surface area contributed by atoms with Gasteiger partial charge in [-0.3, -0.25) is 9.36 Å². The average molecular weight is 542 g/mol. The van der Waals surface area contributed by atoms with Gasteiger partial charge in [0.2, 0.25) is 0 Å². The minimum atomic E-state index is -4.62. The second-order valence-electron chi connectivity index (χ2n) is 9.91. The number of benzene rings is 3. The number of carbonyl (C=O) groups is 1. The molecule has 9 heteroatoms. The molecule has 0 fully saturated rings. The number of phosphoric acid groups is 1. The Kier molecular flexibility index (Phi) is 10.4. The maximum Gasteiger partial charge on any atom is 0.303 e. The topological polar surface area (TPSA) is 94.1 Å². The monoisotopic (exact) mass is 541 g/mol. The van der Waals surface area contributed by atoms with E-state index < -0.39 is 32.1 Å². The summed E-state index contributed by atoms with van der Waals surface area (Å²) in [6.07, 6.45) is -1.01. The van der Waals surface area contributed by atoms with Crippen molar-refractivity contribution in [3.63, 3.8) is 0 Å². The Hall–Kier alpha value is -2.84. The zero-order chi connectivity index (χ0) is 27.7. The molecule has 2 atom stereocenters. The third kappa shape index (κ3) is 8.60. The second kappa shape index (κ2) is 13.3. The van der Waals surface area contributed by atoms with E-state index in [0.29, 0.717) is 11.0 Å². The van der Waals surface area contributed by atoms with Gasteiger partial charge in [0.25, 0.3) is 7.82 Å². The fourth-order valence-electron chi connectivity index (χ4n) is 3.98. The highest BCUT2D eigenvalue weighted by atomic mass is 31.2. The summed E-state index contributed by atoms with van der Waals surface area (Å²) in [5.74, 6) is -0.585. The van der Waals surface area contributed by atoms with Crippen LogP contribution in [-0.4, -0.2) is 64.1 Å². The van der Waals surface area contributed by atoms with Crippen molar-refractivity contribution in [3.8, 4) is 0 Å². The molecule has 0 radical (unpaired) electrons. The van der Waals surface area contributed by atoms with E-state index in [1.807, 2.05) is 112 Å². The molecule has 3 aromatic carbocycles. The van der Waals surface area contributed by atoms with E-state index in [-0.39, 0.29) is 13.2 Å². The van der Waals surface area contributed by atoms with Gasteiger partial charge in [0.1, 0.15) is 24.9 Å². The summed E-state index contributed by atoms with van der Waals surface area (Å²) in [7, 11) is 1.15. The van der Waals surface area contributed by atoms with Gasteiger partial charge in [0.15, 0.2) is 0 Å². The van der Waals surface area contributed by atoms with Crippen LogP contribution in [-0.2, 0) is 33.5 Å². The third-order valence-electron chi connectivity index (χ3n) is 5.79. The predicted molar refractivity (Wildman–Crippen MR) is 143 cm³/mol. The second-order valence-corrected chi connectivity index (χ2v) is 11.3. The van der Waals surface area contributed by atoms with E-state index in [1.54, 1.807) is 0 Å². The zero-order valence-electron chi connectivity index (χ0n) is 22.3. The molecular weight excluding hydrogens is 505 g/mol. The summed E-state index contributed by atoms with van der Waals surface area (Å²) in [5, 5.41) is 0. The van der Waals surface area contributed by atoms with Crippen molar-refractivity contribution in [2.45, 2.75) is 18.6 Å². The number of ether oxygens (including phenoxy) is 2. The lowest BCUT2D eigenvalue weighted by Crippen LogP contribution is -2.38. The summed E-state index contributed by atoms with van der Waals surface area (Å²) < 4.78 is 35.0. The van der Waals surface area contributed by atoms with Gasteiger partial charge in [-0.15, -0.1) is 0 Å². The predicted octanol–water partition coefficient (Wildman–Crippen LogP) is 4.13. The Labute approximate surface area is 224 Å². The van der Waals surface area contributed by atoms with E-state index in [1.165, 1.54) is 6.92 Å². The van der Waals surface area contributed by atoms with Crippen LogP contribution < -0.4 is 4.89 Å². The molecule has 0 aromatic heterocycles. The lowest BCUT2D eigenvalue weighted by atomic mass is 9.80. The number of hydrogen-bond donors (Lipinski definition) is 0. The lowest BCUT2D eigenvalue weighted by molar-refractivity contribution is -0.870. The molecule has 0 spiro atoms. The van der Waals surface area contributed by atoms with Gasteiger partial charge in [-0.25, -0.2) is 0 Å². The van der Waals surface area contributed by atoms with Crippen LogP contribution in [0.2, 0.25) is 0 Å². The summed E-state index contributed by atoms with van der Waals surface area (Å²) in [5.41, 5.74) is 1.51. The number of rotatable bonds is 14. The highest BCUT2D eigenvalue weighted by molar-refractivity contribution is 7.45. The Morgan fingerprint density at radius 3 is 1.66 bits per heavy atom. The Morgan fingerprint density at radius 2 is 1.26 bits per heavy atom. The van der Waals surface area contributed by atoms with Crippen LogP contribution >= 0.6 is 7.82 Å². The van der Waals surface area contributed by atoms with E-state index in [9.17, 15) is 14.3 Å². The number of nitrogens with zero attached hydrogens (tertiary/aromatic N) is 1. The van der Waals surface area contributed by atoms with E-state index in [4.69, 9.17) is 18.5 Å². The molecule has 3 rings (SSSR count). The Bertz CT molecular complexity index is 1090. The van der Waals surface area contributed by atoms with Crippen LogP contribution in [0.5, 0.6) is 0 Å². The van der Waals surface area contributed by atoms with Gasteiger partial charge >= 0.3 is 5.97 Å². The Balaban J connectivity index is 1.88. The highest BCUT2D eigenvalue weighted by Gasteiger charge is 2.38. The zero-order valence-corrected chi connectivity index (χ0v) is 23.2. The fourth-order valence-corrected chi connectivity index (χ4v) is 4.70. The molecule has 0 N–H and O–H groups in total. The van der Waals surface area contributed by atoms with E-state index >= 15 is 0 Å². The summed E-state index contributed by atoms with van der Waals surface area (Å²) >= 11 is 0. The first-order valence-electron chi connectivity index (χ1n) is 12.4. The van der Waals surface area contributed by atoms with Gasteiger partial charge in [-0.05, 0) is 16.7 Å². The van der Waals surface area contributed by atoms with E-state index in [2.05, 4.69) is 0 Å².